The molecule has 0 unspecified atom stereocenters. The normalized spacial score (nSPS) is 19.7. The lowest BCUT2D eigenvalue weighted by Gasteiger charge is -2.33. The molecule has 2 aromatic carbocycles. The molecule has 1 aliphatic heterocycles. The Kier molecular flexibility index (Phi) is 6.45. The summed E-state index contributed by atoms with van der Waals surface area (Å²) in [5.74, 6) is -0.573. The minimum atomic E-state index is -1.14. The van der Waals surface area contributed by atoms with Gasteiger partial charge in [-0.05, 0) is 42.8 Å². The molecule has 9 nitrogen and oxygen atoms in total. The smallest absolute Gasteiger partial charge is 0.314 e. The minimum absolute atomic E-state index is 0.0318. The number of carbonyl (C=O) groups is 1. The topological polar surface area (TPSA) is 122 Å². The van der Waals surface area contributed by atoms with Crippen molar-refractivity contribution in [2.75, 3.05) is 18.5 Å². The van der Waals surface area contributed by atoms with Gasteiger partial charge in [-0.25, -0.2) is 19.3 Å². The van der Waals surface area contributed by atoms with Crippen LogP contribution in [-0.2, 0) is 20.8 Å². The average molecular weight is 490 g/mol. The molecule has 0 aliphatic carbocycles. The number of hydrogen-bond donors (Lipinski definition) is 3. The van der Waals surface area contributed by atoms with Crippen LogP contribution in [0.25, 0.3) is 22.6 Å². The van der Waals surface area contributed by atoms with Crippen molar-refractivity contribution in [3.05, 3.63) is 84.1 Å². The van der Waals surface area contributed by atoms with Gasteiger partial charge in [0.2, 0.25) is 12.2 Å². The van der Waals surface area contributed by atoms with E-state index in [1.165, 1.54) is 12.1 Å². The Labute approximate surface area is 206 Å². The first kappa shape index (κ1) is 23.6. The third-order valence-electron chi connectivity index (χ3n) is 5.89. The Hall–Kier alpha value is -4.15. The first-order valence-electron chi connectivity index (χ1n) is 11.3. The number of carboxylic acid groups (broad SMARTS) is 1. The Bertz CT molecular complexity index is 1350. The van der Waals surface area contributed by atoms with E-state index in [4.69, 9.17) is 9.47 Å². The summed E-state index contributed by atoms with van der Waals surface area (Å²) in [5, 5.41) is 12.6. The van der Waals surface area contributed by atoms with Gasteiger partial charge in [0.05, 0.1) is 30.3 Å². The molecule has 0 saturated carbocycles. The summed E-state index contributed by atoms with van der Waals surface area (Å²) in [6.07, 6.45) is 0.749. The maximum absolute atomic E-state index is 13.6. The van der Waals surface area contributed by atoms with E-state index in [9.17, 15) is 14.3 Å². The minimum Gasteiger partial charge on any atom is -0.481 e. The summed E-state index contributed by atoms with van der Waals surface area (Å²) in [6, 6.07) is 17.6. The maximum atomic E-state index is 13.6. The standard InChI is InChI=1S/C26H24FN5O4/c1-26(24(33)34)14-35-23(36-15-26)22-31-20(17-7-9-18(27)10-8-17)21(32-22)19-11-12-28-25(30-19)29-13-16-5-3-2-4-6-16/h2-12,23H,13-15H2,1H3,(H,31,32)(H,33,34)(H,28,29,30). The monoisotopic (exact) mass is 489 g/mol. The number of nitrogens with one attached hydrogen (secondary N) is 2. The zero-order valence-corrected chi connectivity index (χ0v) is 19.4. The van der Waals surface area contributed by atoms with Crippen LogP contribution >= 0.6 is 0 Å². The molecule has 1 saturated heterocycles. The fourth-order valence-electron chi connectivity index (χ4n) is 3.76. The third kappa shape index (κ3) is 4.95. The second kappa shape index (κ2) is 9.84. The molecule has 5 rings (SSSR count). The Balaban J connectivity index is 1.46. The molecule has 0 atom stereocenters. The van der Waals surface area contributed by atoms with E-state index in [1.54, 1.807) is 31.3 Å². The van der Waals surface area contributed by atoms with Gasteiger partial charge in [0.25, 0.3) is 0 Å². The second-order valence-corrected chi connectivity index (χ2v) is 8.78. The first-order chi connectivity index (χ1) is 17.4. The van der Waals surface area contributed by atoms with Crippen molar-refractivity contribution in [1.82, 2.24) is 19.9 Å². The SMILES string of the molecule is CC1(C(=O)O)COC(c2nc(-c3ccc(F)cc3)c(-c3ccnc(NCc4ccccc4)n3)[nH]2)OC1. The van der Waals surface area contributed by atoms with Crippen LogP contribution in [0.2, 0.25) is 0 Å². The van der Waals surface area contributed by atoms with Crippen LogP contribution in [0.3, 0.4) is 0 Å². The van der Waals surface area contributed by atoms with Gasteiger partial charge >= 0.3 is 5.97 Å². The zero-order chi connectivity index (χ0) is 25.1. The number of hydrogen-bond acceptors (Lipinski definition) is 7. The predicted molar refractivity (Wildman–Crippen MR) is 129 cm³/mol. The van der Waals surface area contributed by atoms with E-state index in [0.717, 1.165) is 5.56 Å². The number of halogens is 1. The number of anilines is 1. The molecule has 10 heteroatoms. The van der Waals surface area contributed by atoms with Gasteiger partial charge < -0.3 is 24.9 Å². The molecule has 0 amide bonds. The molecule has 0 spiro atoms. The van der Waals surface area contributed by atoms with Gasteiger partial charge in [-0.15, -0.1) is 0 Å². The Morgan fingerprint density at radius 1 is 1.11 bits per heavy atom. The average Bonchev–Trinajstić information content (AvgIpc) is 3.34. The summed E-state index contributed by atoms with van der Waals surface area (Å²) in [5.41, 5.74) is 2.26. The number of aliphatic carboxylic acids is 1. The molecule has 4 aromatic rings. The number of benzene rings is 2. The quantitative estimate of drug-likeness (QED) is 0.349. The van der Waals surface area contributed by atoms with Crippen molar-refractivity contribution in [1.29, 1.82) is 0 Å². The molecular formula is C26H24FN5O4. The number of ether oxygens (including phenoxy) is 2. The van der Waals surface area contributed by atoms with Gasteiger partial charge in [-0.3, -0.25) is 4.79 Å². The number of nitrogens with zero attached hydrogens (tertiary/aromatic N) is 3. The lowest BCUT2D eigenvalue weighted by molar-refractivity contribution is -0.236. The molecule has 1 aliphatic rings. The van der Waals surface area contributed by atoms with Crippen LogP contribution in [-0.4, -0.2) is 44.2 Å². The molecule has 3 heterocycles. The number of rotatable bonds is 7. The molecule has 1 fully saturated rings. The van der Waals surface area contributed by atoms with Crippen molar-refractivity contribution in [2.45, 2.75) is 19.8 Å². The largest absolute Gasteiger partial charge is 0.481 e. The summed E-state index contributed by atoms with van der Waals surface area (Å²) >= 11 is 0. The van der Waals surface area contributed by atoms with Crippen molar-refractivity contribution in [3.8, 4) is 22.6 Å². The van der Waals surface area contributed by atoms with E-state index in [1.807, 2.05) is 30.3 Å². The highest BCUT2D eigenvalue weighted by molar-refractivity contribution is 5.77. The lowest BCUT2D eigenvalue weighted by Crippen LogP contribution is -2.42. The zero-order valence-electron chi connectivity index (χ0n) is 19.4. The molecular weight excluding hydrogens is 465 g/mol. The number of H-pyrrole nitrogens is 1. The highest BCUT2D eigenvalue weighted by atomic mass is 19.1. The van der Waals surface area contributed by atoms with Crippen LogP contribution in [0, 0.1) is 11.2 Å². The lowest BCUT2D eigenvalue weighted by atomic mass is 9.92. The predicted octanol–water partition coefficient (Wildman–Crippen LogP) is 4.42. The molecule has 0 radical (unpaired) electrons. The summed E-state index contributed by atoms with van der Waals surface area (Å²) in [7, 11) is 0. The van der Waals surface area contributed by atoms with Crippen LogP contribution in [0.1, 0.15) is 24.6 Å². The van der Waals surface area contributed by atoms with Gasteiger partial charge in [0, 0.05) is 18.3 Å². The van der Waals surface area contributed by atoms with Crippen molar-refractivity contribution < 1.29 is 23.8 Å². The fourth-order valence-corrected chi connectivity index (χ4v) is 3.76. The molecule has 0 bridgehead atoms. The number of aromatic amines is 1. The van der Waals surface area contributed by atoms with Crippen molar-refractivity contribution in [2.24, 2.45) is 5.41 Å². The molecule has 36 heavy (non-hydrogen) atoms. The highest BCUT2D eigenvalue weighted by Crippen LogP contribution is 2.35. The number of aromatic nitrogens is 4. The molecule has 184 valence electrons. The third-order valence-corrected chi connectivity index (χ3v) is 5.89. The summed E-state index contributed by atoms with van der Waals surface area (Å²) < 4.78 is 25.0. The van der Waals surface area contributed by atoms with E-state index >= 15 is 0 Å². The van der Waals surface area contributed by atoms with Gasteiger partial charge in [-0.1, -0.05) is 30.3 Å². The van der Waals surface area contributed by atoms with Crippen molar-refractivity contribution >= 4 is 11.9 Å². The van der Waals surface area contributed by atoms with Gasteiger partial charge in [0.15, 0.2) is 5.82 Å². The van der Waals surface area contributed by atoms with E-state index < -0.39 is 17.7 Å². The van der Waals surface area contributed by atoms with E-state index in [2.05, 4.69) is 25.3 Å². The Morgan fingerprint density at radius 2 is 1.83 bits per heavy atom. The van der Waals surface area contributed by atoms with Gasteiger partial charge in [0.1, 0.15) is 11.2 Å². The summed E-state index contributed by atoms with van der Waals surface area (Å²) in [6.45, 7) is 2.05. The highest BCUT2D eigenvalue weighted by Gasteiger charge is 2.41. The second-order valence-electron chi connectivity index (χ2n) is 8.78. The fraction of sp³-hybridized carbons (Fsp3) is 0.231. The van der Waals surface area contributed by atoms with Crippen LogP contribution in [0.4, 0.5) is 10.3 Å². The first-order valence-corrected chi connectivity index (χ1v) is 11.3. The van der Waals surface area contributed by atoms with Crippen LogP contribution in [0.15, 0.2) is 66.9 Å². The van der Waals surface area contributed by atoms with Crippen molar-refractivity contribution in [3.63, 3.8) is 0 Å². The number of imidazole rings is 1. The van der Waals surface area contributed by atoms with E-state index in [0.29, 0.717) is 41.0 Å². The molecule has 3 N–H and O–H groups in total. The van der Waals surface area contributed by atoms with Crippen LogP contribution < -0.4 is 5.32 Å². The van der Waals surface area contributed by atoms with Crippen LogP contribution in [0.5, 0.6) is 0 Å². The Morgan fingerprint density at radius 3 is 2.53 bits per heavy atom. The summed E-state index contributed by atoms with van der Waals surface area (Å²) in [4.78, 5) is 28.4. The number of carboxylic acids is 1. The van der Waals surface area contributed by atoms with E-state index in [-0.39, 0.29) is 19.0 Å². The van der Waals surface area contributed by atoms with Gasteiger partial charge in [-0.2, -0.15) is 0 Å². The molecule has 2 aromatic heterocycles. The maximum Gasteiger partial charge on any atom is 0.314 e.